The average molecular weight is 466 g/mol. The van der Waals surface area contributed by atoms with Crippen molar-refractivity contribution in [2.24, 2.45) is 0 Å². The number of hydrogen-bond donors (Lipinski definition) is 2. The zero-order chi connectivity index (χ0) is 20.1. The van der Waals surface area contributed by atoms with Crippen molar-refractivity contribution in [1.29, 1.82) is 0 Å². The van der Waals surface area contributed by atoms with Gasteiger partial charge in [-0.15, -0.1) is 24.8 Å². The van der Waals surface area contributed by atoms with Crippen LogP contribution in [0.1, 0.15) is 28.8 Å². The predicted molar refractivity (Wildman–Crippen MR) is 126 cm³/mol. The molecule has 1 fully saturated rings. The number of hydrogen-bond acceptors (Lipinski definition) is 5. The molecule has 0 radical (unpaired) electrons. The number of fused-ring (bicyclic) bond motifs is 1. The third-order valence-corrected chi connectivity index (χ3v) is 5.72. The molecule has 31 heavy (non-hydrogen) atoms. The molecule has 4 rings (SSSR count). The highest BCUT2D eigenvalue weighted by atomic mass is 35.5. The fraction of sp³-hybridized carbons (Fsp3) is 0.409. The number of nitrogens with one attached hydrogen (secondary N) is 2. The number of methoxy groups -OCH3 is 1. The van der Waals surface area contributed by atoms with Gasteiger partial charge in [0, 0.05) is 26.4 Å². The lowest BCUT2D eigenvalue weighted by atomic mass is 9.92. The first-order valence-corrected chi connectivity index (χ1v) is 10.1. The Morgan fingerprint density at radius 3 is 2.65 bits per heavy atom. The molecule has 0 atom stereocenters. The van der Waals surface area contributed by atoms with Crippen LogP contribution in [0.15, 0.2) is 48.9 Å². The highest BCUT2D eigenvalue weighted by Gasteiger charge is 2.32. The first-order valence-electron chi connectivity index (χ1n) is 10.1. The predicted octanol–water partition coefficient (Wildman–Crippen LogP) is 3.02. The summed E-state index contributed by atoms with van der Waals surface area (Å²) in [4.78, 5) is 21.6. The van der Waals surface area contributed by atoms with E-state index in [2.05, 4.69) is 32.7 Å². The second kappa shape index (κ2) is 11.4. The van der Waals surface area contributed by atoms with E-state index in [0.717, 1.165) is 50.1 Å². The van der Waals surface area contributed by atoms with Crippen LogP contribution in [0.3, 0.4) is 0 Å². The van der Waals surface area contributed by atoms with Gasteiger partial charge in [-0.2, -0.15) is 0 Å². The molecule has 3 aromatic rings. The standard InChI is InChI=1S/C22H27N5O2.2ClH/c1-29-22(8-10-23-11-9-22)15-25-21(28)18-13-19-20(24-14-18)27(16-26-19)12-7-17-5-3-2-4-6-17;;/h2-6,13-14,16,23H,7-12,15H2,1H3,(H,25,28);2*1H. The van der Waals surface area contributed by atoms with Crippen molar-refractivity contribution in [3.8, 4) is 0 Å². The lowest BCUT2D eigenvalue weighted by Gasteiger charge is -2.36. The number of halogens is 2. The van der Waals surface area contributed by atoms with Gasteiger partial charge in [0.25, 0.3) is 5.91 Å². The van der Waals surface area contributed by atoms with Crippen molar-refractivity contribution in [1.82, 2.24) is 25.2 Å². The fourth-order valence-corrected chi connectivity index (χ4v) is 3.81. The van der Waals surface area contributed by atoms with Crippen molar-refractivity contribution >= 4 is 41.9 Å². The summed E-state index contributed by atoms with van der Waals surface area (Å²) in [5, 5.41) is 6.34. The van der Waals surface area contributed by atoms with Crippen LogP contribution in [-0.2, 0) is 17.7 Å². The van der Waals surface area contributed by atoms with Crippen molar-refractivity contribution in [2.75, 3.05) is 26.7 Å². The zero-order valence-electron chi connectivity index (χ0n) is 17.5. The van der Waals surface area contributed by atoms with E-state index in [0.29, 0.717) is 12.1 Å². The molecule has 168 valence electrons. The van der Waals surface area contributed by atoms with Gasteiger partial charge in [-0.3, -0.25) is 4.79 Å². The van der Waals surface area contributed by atoms with Gasteiger partial charge < -0.3 is 19.9 Å². The summed E-state index contributed by atoms with van der Waals surface area (Å²) in [5.74, 6) is -0.145. The van der Waals surface area contributed by atoms with Gasteiger partial charge >= 0.3 is 0 Å². The molecule has 1 aliphatic rings. The molecule has 7 nitrogen and oxygen atoms in total. The summed E-state index contributed by atoms with van der Waals surface area (Å²) in [5.41, 5.74) is 3.02. The smallest absolute Gasteiger partial charge is 0.253 e. The number of aryl methyl sites for hydroxylation is 2. The zero-order valence-corrected chi connectivity index (χ0v) is 19.2. The number of imidazole rings is 1. The molecule has 0 aliphatic carbocycles. The fourth-order valence-electron chi connectivity index (χ4n) is 3.81. The van der Waals surface area contributed by atoms with Crippen LogP contribution in [0.5, 0.6) is 0 Å². The van der Waals surface area contributed by atoms with Gasteiger partial charge in [0.2, 0.25) is 0 Å². The van der Waals surface area contributed by atoms with Gasteiger partial charge in [-0.1, -0.05) is 30.3 Å². The highest BCUT2D eigenvalue weighted by molar-refractivity contribution is 5.96. The number of rotatable bonds is 7. The maximum Gasteiger partial charge on any atom is 0.253 e. The number of aromatic nitrogens is 3. The molecule has 0 unspecified atom stereocenters. The maximum absolute atomic E-state index is 12.6. The quantitative estimate of drug-likeness (QED) is 0.560. The van der Waals surface area contributed by atoms with E-state index in [4.69, 9.17) is 4.74 Å². The summed E-state index contributed by atoms with van der Waals surface area (Å²) in [6, 6.07) is 12.1. The number of amides is 1. The van der Waals surface area contributed by atoms with Crippen LogP contribution < -0.4 is 10.6 Å². The monoisotopic (exact) mass is 465 g/mol. The molecule has 0 bridgehead atoms. The number of carbonyl (C=O) groups excluding carboxylic acids is 1. The van der Waals surface area contributed by atoms with E-state index < -0.39 is 0 Å². The number of pyridine rings is 1. The molecule has 1 saturated heterocycles. The van der Waals surface area contributed by atoms with Crippen molar-refractivity contribution in [3.63, 3.8) is 0 Å². The lowest BCUT2D eigenvalue weighted by Crippen LogP contribution is -2.50. The minimum Gasteiger partial charge on any atom is -0.376 e. The summed E-state index contributed by atoms with van der Waals surface area (Å²) in [6.07, 6.45) is 6.08. The molecule has 1 amide bonds. The molecule has 2 N–H and O–H groups in total. The van der Waals surface area contributed by atoms with Crippen LogP contribution in [-0.4, -0.2) is 52.8 Å². The van der Waals surface area contributed by atoms with Crippen molar-refractivity contribution in [3.05, 3.63) is 60.0 Å². The number of piperidine rings is 1. The molecular formula is C22H29Cl2N5O2. The molecular weight excluding hydrogens is 437 g/mol. The Labute approximate surface area is 194 Å². The molecule has 0 saturated carbocycles. The third-order valence-electron chi connectivity index (χ3n) is 5.72. The molecule has 1 aliphatic heterocycles. The van der Waals surface area contributed by atoms with Gasteiger partial charge in [-0.05, 0) is 44.0 Å². The molecule has 3 heterocycles. The molecule has 9 heteroatoms. The van der Waals surface area contributed by atoms with Crippen LogP contribution in [0.2, 0.25) is 0 Å². The van der Waals surface area contributed by atoms with E-state index in [1.165, 1.54) is 5.56 Å². The number of benzene rings is 1. The Balaban J connectivity index is 0.00000171. The molecule has 1 aromatic carbocycles. The Kier molecular flexibility index (Phi) is 9.25. The topological polar surface area (TPSA) is 81.1 Å². The second-order valence-electron chi connectivity index (χ2n) is 7.56. The van der Waals surface area contributed by atoms with E-state index in [9.17, 15) is 4.79 Å². The molecule has 0 spiro atoms. The summed E-state index contributed by atoms with van der Waals surface area (Å²) in [6.45, 7) is 3.09. The summed E-state index contributed by atoms with van der Waals surface area (Å²) >= 11 is 0. The second-order valence-corrected chi connectivity index (χ2v) is 7.56. The van der Waals surface area contributed by atoms with Gasteiger partial charge in [0.05, 0.1) is 17.5 Å². The van der Waals surface area contributed by atoms with Crippen LogP contribution >= 0.6 is 24.8 Å². The SMILES string of the molecule is COC1(CNC(=O)c2cnc3c(c2)ncn3CCc2ccccc2)CCNCC1.Cl.Cl. The van der Waals surface area contributed by atoms with Crippen LogP contribution in [0.4, 0.5) is 0 Å². The first kappa shape index (κ1) is 25.1. The summed E-state index contributed by atoms with van der Waals surface area (Å²) in [7, 11) is 1.72. The van der Waals surface area contributed by atoms with Gasteiger partial charge in [-0.25, -0.2) is 9.97 Å². The normalized spacial score (nSPS) is 15.0. The van der Waals surface area contributed by atoms with E-state index >= 15 is 0 Å². The number of ether oxygens (including phenoxy) is 1. The van der Waals surface area contributed by atoms with Crippen LogP contribution in [0, 0.1) is 0 Å². The lowest BCUT2D eigenvalue weighted by molar-refractivity contribution is -0.0312. The van der Waals surface area contributed by atoms with Crippen molar-refractivity contribution in [2.45, 2.75) is 31.4 Å². The highest BCUT2D eigenvalue weighted by Crippen LogP contribution is 2.21. The molecule has 2 aromatic heterocycles. The Bertz CT molecular complexity index is 974. The maximum atomic E-state index is 12.6. The summed E-state index contributed by atoms with van der Waals surface area (Å²) < 4.78 is 7.74. The van der Waals surface area contributed by atoms with E-state index in [1.54, 1.807) is 25.7 Å². The van der Waals surface area contributed by atoms with Crippen LogP contribution in [0.25, 0.3) is 11.2 Å². The Hall–Kier alpha value is -2.19. The van der Waals surface area contributed by atoms with E-state index in [1.807, 2.05) is 22.8 Å². The minimum atomic E-state index is -0.294. The largest absolute Gasteiger partial charge is 0.376 e. The third kappa shape index (κ3) is 5.95. The minimum absolute atomic E-state index is 0. The van der Waals surface area contributed by atoms with Crippen molar-refractivity contribution < 1.29 is 9.53 Å². The Morgan fingerprint density at radius 2 is 1.94 bits per heavy atom. The van der Waals surface area contributed by atoms with E-state index in [-0.39, 0.29) is 36.3 Å². The Morgan fingerprint density at radius 1 is 1.19 bits per heavy atom. The average Bonchev–Trinajstić information content (AvgIpc) is 3.19. The number of carbonyl (C=O) groups is 1. The number of nitrogens with zero attached hydrogens (tertiary/aromatic N) is 3. The van der Waals surface area contributed by atoms with Gasteiger partial charge in [0.15, 0.2) is 5.65 Å². The first-order chi connectivity index (χ1) is 14.2. The van der Waals surface area contributed by atoms with Gasteiger partial charge in [0.1, 0.15) is 5.52 Å².